The highest BCUT2D eigenvalue weighted by molar-refractivity contribution is 5.98. The molecule has 7 heteroatoms. The predicted octanol–water partition coefficient (Wildman–Crippen LogP) is 5.50. The lowest BCUT2D eigenvalue weighted by Crippen LogP contribution is -2.58. The molecule has 3 aromatic carbocycles. The molecule has 1 aliphatic rings. The Labute approximate surface area is 222 Å². The van der Waals surface area contributed by atoms with Gasteiger partial charge < -0.3 is 9.64 Å². The van der Waals surface area contributed by atoms with Gasteiger partial charge in [-0.2, -0.15) is 5.26 Å². The van der Waals surface area contributed by atoms with E-state index in [9.17, 15) is 9.59 Å². The Morgan fingerprint density at radius 2 is 1.58 bits per heavy atom. The van der Waals surface area contributed by atoms with Crippen molar-refractivity contribution in [3.8, 4) is 22.9 Å². The summed E-state index contributed by atoms with van der Waals surface area (Å²) in [5, 5.41) is 10.7. The lowest BCUT2D eigenvalue weighted by Gasteiger charge is -2.44. The van der Waals surface area contributed by atoms with Gasteiger partial charge in [0.1, 0.15) is 0 Å². The van der Waals surface area contributed by atoms with Crippen LogP contribution < -0.4 is 10.5 Å². The third-order valence-electron chi connectivity index (χ3n) is 7.35. The number of methoxy groups -OCH3 is 1. The summed E-state index contributed by atoms with van der Waals surface area (Å²) < 4.78 is 6.65. The minimum absolute atomic E-state index is 0.0157. The van der Waals surface area contributed by atoms with E-state index >= 15 is 0 Å². The van der Waals surface area contributed by atoms with Crippen molar-refractivity contribution in [3.63, 3.8) is 0 Å². The fourth-order valence-corrected chi connectivity index (χ4v) is 5.58. The number of piperazine rings is 1. The van der Waals surface area contributed by atoms with Crippen molar-refractivity contribution < 1.29 is 9.53 Å². The molecule has 192 valence electrons. The summed E-state index contributed by atoms with van der Waals surface area (Å²) in [4.78, 5) is 29.8. The van der Waals surface area contributed by atoms with Crippen LogP contribution in [-0.2, 0) is 4.74 Å². The zero-order chi connectivity index (χ0) is 27.0. The van der Waals surface area contributed by atoms with E-state index in [-0.39, 0.29) is 23.7 Å². The number of ether oxygens (including phenoxy) is 1. The summed E-state index contributed by atoms with van der Waals surface area (Å²) in [5.41, 5.74) is 5.29. The molecule has 7 nitrogen and oxygen atoms in total. The highest BCUT2D eigenvalue weighted by Gasteiger charge is 2.33. The molecular formula is C31H30N4O3. The van der Waals surface area contributed by atoms with Gasteiger partial charge in [0.2, 0.25) is 0 Å². The average molecular weight is 507 g/mol. The summed E-state index contributed by atoms with van der Waals surface area (Å²) in [7, 11) is 1.41. The lowest BCUT2D eigenvalue weighted by atomic mass is 9.96. The Bertz CT molecular complexity index is 1590. The molecule has 0 aliphatic carbocycles. The molecule has 2 heterocycles. The van der Waals surface area contributed by atoms with E-state index in [1.54, 1.807) is 21.6 Å². The molecule has 38 heavy (non-hydrogen) atoms. The molecule has 0 spiro atoms. The van der Waals surface area contributed by atoms with Crippen LogP contribution in [0.3, 0.4) is 0 Å². The molecule has 1 amide bonds. The van der Waals surface area contributed by atoms with Gasteiger partial charge in [-0.05, 0) is 85.3 Å². The van der Waals surface area contributed by atoms with Crippen LogP contribution in [-0.4, -0.2) is 47.8 Å². The van der Waals surface area contributed by atoms with Crippen LogP contribution in [0.2, 0.25) is 0 Å². The predicted molar refractivity (Wildman–Crippen MR) is 150 cm³/mol. The van der Waals surface area contributed by atoms with Gasteiger partial charge in [-0.15, -0.1) is 0 Å². The number of anilines is 1. The summed E-state index contributed by atoms with van der Waals surface area (Å²) in [5.74, 6) is 0. The quantitative estimate of drug-likeness (QED) is 0.367. The number of carbonyl (C=O) groups excluding carboxylic acids is 1. The lowest BCUT2D eigenvalue weighted by molar-refractivity contribution is 0.0820. The van der Waals surface area contributed by atoms with Crippen molar-refractivity contribution in [1.29, 1.82) is 5.26 Å². The zero-order valence-corrected chi connectivity index (χ0v) is 22.0. The molecule has 0 radical (unpaired) electrons. The molecule has 0 N–H and O–H groups in total. The maximum absolute atomic E-state index is 13.6. The largest absolute Gasteiger partial charge is 0.453 e. The Balaban J connectivity index is 1.47. The van der Waals surface area contributed by atoms with Gasteiger partial charge in [0.05, 0.1) is 30.8 Å². The highest BCUT2D eigenvalue weighted by atomic mass is 16.5. The number of fused-ring (bicyclic) bond motifs is 1. The van der Waals surface area contributed by atoms with E-state index in [0.29, 0.717) is 24.0 Å². The van der Waals surface area contributed by atoms with E-state index in [1.807, 2.05) is 81.6 Å². The van der Waals surface area contributed by atoms with Gasteiger partial charge in [-0.3, -0.25) is 14.3 Å². The first kappa shape index (κ1) is 25.1. The minimum atomic E-state index is -0.298. The van der Waals surface area contributed by atoms with Gasteiger partial charge in [-0.1, -0.05) is 24.3 Å². The number of nitriles is 1. The topological polar surface area (TPSA) is 78.6 Å². The number of hydrogen-bond donors (Lipinski definition) is 0. The number of carbonyl (C=O) groups is 1. The second kappa shape index (κ2) is 10.1. The summed E-state index contributed by atoms with van der Waals surface area (Å²) >= 11 is 0. The fraction of sp³-hybridized carbons (Fsp3) is 0.258. The Kier molecular flexibility index (Phi) is 6.64. The van der Waals surface area contributed by atoms with Gasteiger partial charge in [0.15, 0.2) is 0 Å². The van der Waals surface area contributed by atoms with E-state index in [4.69, 9.17) is 10.00 Å². The minimum Gasteiger partial charge on any atom is -0.453 e. The molecule has 1 fully saturated rings. The number of nitrogens with zero attached hydrogens (tertiary/aromatic N) is 4. The van der Waals surface area contributed by atoms with Gasteiger partial charge >= 0.3 is 6.09 Å². The van der Waals surface area contributed by atoms with Gasteiger partial charge in [-0.25, -0.2) is 4.79 Å². The summed E-state index contributed by atoms with van der Waals surface area (Å²) in [6, 6.07) is 23.4. The summed E-state index contributed by atoms with van der Waals surface area (Å²) in [6.45, 7) is 7.47. The maximum atomic E-state index is 13.6. The van der Waals surface area contributed by atoms with E-state index in [2.05, 4.69) is 11.0 Å². The second-order valence-corrected chi connectivity index (χ2v) is 9.90. The number of rotatable bonds is 3. The number of pyridine rings is 1. The number of aryl methyl sites for hydroxylation is 1. The van der Waals surface area contributed by atoms with Crippen LogP contribution in [0, 0.1) is 18.3 Å². The maximum Gasteiger partial charge on any atom is 0.410 e. The van der Waals surface area contributed by atoms with Gasteiger partial charge in [0, 0.05) is 36.0 Å². The Hall–Kier alpha value is -4.57. The second-order valence-electron chi connectivity index (χ2n) is 9.90. The van der Waals surface area contributed by atoms with E-state index in [0.717, 1.165) is 33.5 Å². The fourth-order valence-electron chi connectivity index (χ4n) is 5.58. The van der Waals surface area contributed by atoms with Crippen molar-refractivity contribution in [2.75, 3.05) is 25.1 Å². The molecule has 1 aliphatic heterocycles. The van der Waals surface area contributed by atoms with Crippen LogP contribution in [0.4, 0.5) is 10.5 Å². The number of aromatic nitrogens is 1. The van der Waals surface area contributed by atoms with Crippen LogP contribution in [0.1, 0.15) is 25.0 Å². The molecule has 0 unspecified atom stereocenters. The van der Waals surface area contributed by atoms with Crippen molar-refractivity contribution in [3.05, 3.63) is 94.4 Å². The number of amides is 1. The van der Waals surface area contributed by atoms with Crippen molar-refractivity contribution in [2.24, 2.45) is 0 Å². The van der Waals surface area contributed by atoms with Crippen LogP contribution >= 0.6 is 0 Å². The van der Waals surface area contributed by atoms with Crippen LogP contribution in [0.15, 0.2) is 77.7 Å². The van der Waals surface area contributed by atoms with E-state index < -0.39 is 0 Å². The monoisotopic (exact) mass is 506 g/mol. The molecule has 1 saturated heterocycles. The Morgan fingerprint density at radius 1 is 0.947 bits per heavy atom. The molecule has 0 saturated carbocycles. The molecule has 0 bridgehead atoms. The first-order chi connectivity index (χ1) is 18.3. The third kappa shape index (κ3) is 4.39. The van der Waals surface area contributed by atoms with Crippen LogP contribution in [0.5, 0.6) is 0 Å². The number of benzene rings is 3. The standard InChI is InChI=1S/C31H30N4O3/c1-20-17-34(30(36)28-7-5-6-27(29(20)28)24-10-8-23(16-32)9-11-24)26-14-12-25(13-15-26)33-18-21(2)35(22(3)19-33)31(37)38-4/h5-15,17,21-22H,18-19H2,1-4H3/t21-,22-/m1/s1. The first-order valence-corrected chi connectivity index (χ1v) is 12.7. The molecular weight excluding hydrogens is 476 g/mol. The van der Waals surface area contributed by atoms with Crippen LogP contribution in [0.25, 0.3) is 27.6 Å². The van der Waals surface area contributed by atoms with E-state index in [1.165, 1.54) is 7.11 Å². The van der Waals surface area contributed by atoms with Gasteiger partial charge in [0.25, 0.3) is 5.56 Å². The molecule has 4 aromatic rings. The molecule has 1 aromatic heterocycles. The molecule has 2 atom stereocenters. The smallest absolute Gasteiger partial charge is 0.410 e. The number of hydrogen-bond acceptors (Lipinski definition) is 5. The SMILES string of the molecule is COC(=O)N1[C@H](C)CN(c2ccc(-n3cc(C)c4c(-c5ccc(C#N)cc5)cccc4c3=O)cc2)C[C@H]1C. The zero-order valence-electron chi connectivity index (χ0n) is 22.0. The van der Waals surface area contributed by atoms with Crippen molar-refractivity contribution >= 4 is 22.6 Å². The summed E-state index contributed by atoms with van der Waals surface area (Å²) in [6.07, 6.45) is 1.60. The Morgan fingerprint density at radius 3 is 2.18 bits per heavy atom. The normalized spacial score (nSPS) is 17.3. The highest BCUT2D eigenvalue weighted by Crippen LogP contribution is 2.31. The van der Waals surface area contributed by atoms with Crippen molar-refractivity contribution in [1.82, 2.24) is 9.47 Å². The first-order valence-electron chi connectivity index (χ1n) is 12.7. The molecule has 5 rings (SSSR count). The van der Waals surface area contributed by atoms with Crippen molar-refractivity contribution in [2.45, 2.75) is 32.9 Å². The average Bonchev–Trinajstić information content (AvgIpc) is 2.94. The third-order valence-corrected chi connectivity index (χ3v) is 7.35.